The van der Waals surface area contributed by atoms with Gasteiger partial charge in [-0.1, -0.05) is 0 Å². The summed E-state index contributed by atoms with van der Waals surface area (Å²) in [6.45, 7) is 0. The van der Waals surface area contributed by atoms with E-state index in [4.69, 9.17) is 5.26 Å². The van der Waals surface area contributed by atoms with Crippen molar-refractivity contribution in [1.29, 1.82) is 5.26 Å². The maximum Gasteiger partial charge on any atom is 0.365 e. The summed E-state index contributed by atoms with van der Waals surface area (Å²) in [6, 6.07) is 5.15. The fraction of sp³-hybridized carbons (Fsp3) is 0.125. The van der Waals surface area contributed by atoms with E-state index in [1.165, 1.54) is 12.1 Å². The third kappa shape index (κ3) is 1.78. The number of nitrogens with zero attached hydrogens (tertiary/aromatic N) is 1. The van der Waals surface area contributed by atoms with Gasteiger partial charge < -0.3 is 5.11 Å². The van der Waals surface area contributed by atoms with Gasteiger partial charge in [0, 0.05) is 22.9 Å². The van der Waals surface area contributed by atoms with Crippen LogP contribution >= 0.6 is 0 Å². The van der Waals surface area contributed by atoms with E-state index in [-0.39, 0.29) is 28.5 Å². The predicted molar refractivity (Wildman–Crippen MR) is 37.2 cm³/mol. The average molecular weight is 233 g/mol. The minimum absolute atomic E-state index is 0. The average Bonchev–Trinajstić information content (AvgIpc) is 2.86. The van der Waals surface area contributed by atoms with Gasteiger partial charge in [0.05, 0.1) is 5.56 Å². The molecule has 1 aliphatic rings. The van der Waals surface area contributed by atoms with Crippen molar-refractivity contribution in [3.8, 4) is 6.07 Å². The van der Waals surface area contributed by atoms with Crippen molar-refractivity contribution in [2.24, 2.45) is 0 Å². The van der Waals surface area contributed by atoms with Gasteiger partial charge in [0.15, 0.2) is 0 Å². The van der Waals surface area contributed by atoms with Crippen molar-refractivity contribution in [1.82, 2.24) is 0 Å². The van der Waals surface area contributed by atoms with E-state index in [1.807, 2.05) is 0 Å². The minimum atomic E-state index is -1.79. The molecule has 0 unspecified atom stereocenters. The number of benzene rings is 1. The van der Waals surface area contributed by atoms with Crippen LogP contribution in [0.3, 0.4) is 0 Å². The minimum Gasteiger partial charge on any atom is -0.336 e. The first-order chi connectivity index (χ1) is 6.15. The van der Waals surface area contributed by atoms with Crippen molar-refractivity contribution in [2.75, 3.05) is 0 Å². The maximum atomic E-state index is 12.8. The summed E-state index contributed by atoms with van der Waals surface area (Å²) in [5.74, 6) is -2.44. The molecule has 0 spiro atoms. The molecule has 1 aromatic carbocycles. The molecule has 1 aromatic rings. The first-order valence-electron chi connectivity index (χ1n) is 3.45. The Morgan fingerprint density at radius 1 is 1.43 bits per heavy atom. The Labute approximate surface area is 89.5 Å². The fourth-order valence-electron chi connectivity index (χ4n) is 0.943. The monoisotopic (exact) mass is 233 g/mol. The third-order valence-corrected chi connectivity index (χ3v) is 1.69. The van der Waals surface area contributed by atoms with Gasteiger partial charge >= 0.3 is 5.97 Å². The second-order valence-corrected chi connectivity index (χ2v) is 2.55. The van der Waals surface area contributed by atoms with E-state index >= 15 is 0 Å². The van der Waals surface area contributed by atoms with Gasteiger partial charge in [-0.25, -0.2) is 4.39 Å². The molecular weight excluding hydrogens is 229 g/mol. The largest absolute Gasteiger partial charge is 0.365 e. The van der Waals surface area contributed by atoms with E-state index in [2.05, 4.69) is 9.78 Å². The Morgan fingerprint density at radius 2 is 2.07 bits per heavy atom. The van der Waals surface area contributed by atoms with Crippen LogP contribution in [0.5, 0.6) is 0 Å². The topological polar surface area (TPSA) is 69.1 Å². The Morgan fingerprint density at radius 3 is 2.57 bits per heavy atom. The molecule has 1 heterocycles. The SMILES string of the molecule is N#Cc1cc(C2(O)OO2)ccc1F.[Cr]. The van der Waals surface area contributed by atoms with Crippen LogP contribution in [0.4, 0.5) is 4.39 Å². The van der Waals surface area contributed by atoms with Gasteiger partial charge in [0.25, 0.3) is 0 Å². The molecule has 0 atom stereocenters. The zero-order chi connectivity index (χ0) is 9.47. The van der Waals surface area contributed by atoms with E-state index in [1.54, 1.807) is 6.07 Å². The van der Waals surface area contributed by atoms with Gasteiger partial charge in [-0.05, 0) is 18.2 Å². The van der Waals surface area contributed by atoms with Crippen LogP contribution < -0.4 is 0 Å². The van der Waals surface area contributed by atoms with Gasteiger partial charge in [-0.3, -0.25) is 0 Å². The number of halogens is 1. The van der Waals surface area contributed by atoms with Crippen LogP contribution in [0.2, 0.25) is 0 Å². The number of rotatable bonds is 1. The van der Waals surface area contributed by atoms with E-state index < -0.39 is 11.8 Å². The molecular formula is C8H4CrFNO3. The number of hydrogen-bond acceptors (Lipinski definition) is 4. The molecule has 1 aliphatic heterocycles. The molecule has 0 aliphatic carbocycles. The quantitative estimate of drug-likeness (QED) is 0.574. The number of aliphatic hydroxyl groups is 1. The van der Waals surface area contributed by atoms with Gasteiger partial charge in [-0.15, -0.1) is 0 Å². The van der Waals surface area contributed by atoms with Crippen molar-refractivity contribution < 1.29 is 36.6 Å². The smallest absolute Gasteiger partial charge is 0.336 e. The molecule has 14 heavy (non-hydrogen) atoms. The van der Waals surface area contributed by atoms with Crippen LogP contribution in [0.25, 0.3) is 0 Å². The molecule has 1 saturated heterocycles. The molecule has 6 heteroatoms. The number of nitriles is 1. The molecule has 0 saturated carbocycles. The first kappa shape index (κ1) is 11.1. The second-order valence-electron chi connectivity index (χ2n) is 2.55. The Bertz CT molecular complexity index is 400. The molecule has 72 valence electrons. The van der Waals surface area contributed by atoms with E-state index in [9.17, 15) is 9.50 Å². The zero-order valence-corrected chi connectivity index (χ0v) is 8.00. The summed E-state index contributed by atoms with van der Waals surface area (Å²) < 4.78 is 12.8. The van der Waals surface area contributed by atoms with Crippen LogP contribution in [0, 0.1) is 17.1 Å². The summed E-state index contributed by atoms with van der Waals surface area (Å²) in [5, 5.41) is 17.7. The predicted octanol–water partition coefficient (Wildman–Crippen LogP) is 0.759. The molecule has 1 N–H and O–H groups in total. The van der Waals surface area contributed by atoms with Crippen molar-refractivity contribution in [2.45, 2.75) is 5.97 Å². The van der Waals surface area contributed by atoms with Gasteiger partial charge in [0.1, 0.15) is 11.9 Å². The Kier molecular flexibility index (Phi) is 2.91. The molecule has 0 aromatic heterocycles. The van der Waals surface area contributed by atoms with Crippen molar-refractivity contribution in [3.63, 3.8) is 0 Å². The van der Waals surface area contributed by atoms with Crippen LogP contribution in [-0.2, 0) is 33.1 Å². The van der Waals surface area contributed by atoms with E-state index in [0.29, 0.717) is 0 Å². The molecule has 0 radical (unpaired) electrons. The standard InChI is InChI=1S/C8H4FNO3.Cr/c9-7-2-1-6(3-5(7)4-10)8(11)12-13-8;/h1-3,11H;. The molecule has 1 fully saturated rings. The third-order valence-electron chi connectivity index (χ3n) is 1.69. The molecule has 0 amide bonds. The van der Waals surface area contributed by atoms with Crippen LogP contribution in [0.1, 0.15) is 11.1 Å². The van der Waals surface area contributed by atoms with Gasteiger partial charge in [-0.2, -0.15) is 15.0 Å². The normalized spacial score (nSPS) is 16.6. The molecule has 0 bridgehead atoms. The van der Waals surface area contributed by atoms with Crippen molar-refractivity contribution in [3.05, 3.63) is 35.1 Å². The summed E-state index contributed by atoms with van der Waals surface area (Å²) in [6.07, 6.45) is 0. The summed E-state index contributed by atoms with van der Waals surface area (Å²) in [5.41, 5.74) is 0.0375. The van der Waals surface area contributed by atoms with Gasteiger partial charge in [0.2, 0.25) is 0 Å². The first-order valence-corrected chi connectivity index (χ1v) is 3.45. The van der Waals surface area contributed by atoms with Crippen molar-refractivity contribution >= 4 is 0 Å². The zero-order valence-electron chi connectivity index (χ0n) is 6.73. The Hall–Kier alpha value is -0.948. The summed E-state index contributed by atoms with van der Waals surface area (Å²) >= 11 is 0. The Balaban J connectivity index is 0.000000980. The number of hydrogen-bond donors (Lipinski definition) is 1. The summed E-state index contributed by atoms with van der Waals surface area (Å²) in [7, 11) is 0. The molecule has 2 rings (SSSR count). The van der Waals surface area contributed by atoms with Crippen LogP contribution in [-0.4, -0.2) is 5.11 Å². The molecule has 4 nitrogen and oxygen atoms in total. The fourth-order valence-corrected chi connectivity index (χ4v) is 0.943. The summed E-state index contributed by atoms with van der Waals surface area (Å²) in [4.78, 5) is 8.49. The maximum absolute atomic E-state index is 12.8. The van der Waals surface area contributed by atoms with Crippen LogP contribution in [0.15, 0.2) is 18.2 Å². The second kappa shape index (κ2) is 3.66. The van der Waals surface area contributed by atoms with E-state index in [0.717, 1.165) is 6.07 Å².